The number of hydrogen-bond donors (Lipinski definition) is 5. The number of aromatic amines is 1. The van der Waals surface area contributed by atoms with E-state index in [1.807, 2.05) is 12.4 Å². The van der Waals surface area contributed by atoms with Crippen LogP contribution in [0.4, 0.5) is 5.95 Å². The Balaban J connectivity index is 0.000000316. The second kappa shape index (κ2) is 15.4. The first-order valence-corrected chi connectivity index (χ1v) is 14.3. The normalized spacial score (nSPS) is 17.7. The summed E-state index contributed by atoms with van der Waals surface area (Å²) in [7, 11) is 0. The van der Waals surface area contributed by atoms with Crippen LogP contribution in [0.5, 0.6) is 0 Å². The predicted octanol–water partition coefficient (Wildman–Crippen LogP) is 1.63. The van der Waals surface area contributed by atoms with Gasteiger partial charge < -0.3 is 25.3 Å². The van der Waals surface area contributed by atoms with E-state index in [-0.39, 0.29) is 5.56 Å². The standard InChI is InChI=1S/C22H32N6O.C6H8O7/c1-2-7-20-23-13-17(14-24-20)15-27-9-6-8-18(16-27)19-12-21(29)26-22(25-19)28-10-4-3-5-11-28;7-3(8)1-6(13,5(11)12)2-4(9)10/h12-14,18H,2-11,15-16H2,1H3,(H,25,26,29);13H,1-2H2,(H,7,8)(H,9,10)(H,11,12). The third-order valence-electron chi connectivity index (χ3n) is 7.25. The van der Waals surface area contributed by atoms with Crippen LogP contribution in [-0.4, -0.2) is 94.9 Å². The van der Waals surface area contributed by atoms with Gasteiger partial charge in [-0.05, 0) is 45.1 Å². The molecular weight excluding hydrogens is 548 g/mol. The third-order valence-corrected chi connectivity index (χ3v) is 7.25. The van der Waals surface area contributed by atoms with Crippen molar-refractivity contribution in [3.05, 3.63) is 45.9 Å². The van der Waals surface area contributed by atoms with Crippen LogP contribution < -0.4 is 10.5 Å². The van der Waals surface area contributed by atoms with Gasteiger partial charge in [-0.15, -0.1) is 0 Å². The van der Waals surface area contributed by atoms with Crippen molar-refractivity contribution < 1.29 is 34.8 Å². The van der Waals surface area contributed by atoms with Gasteiger partial charge in [0.05, 0.1) is 18.5 Å². The van der Waals surface area contributed by atoms with Gasteiger partial charge in [-0.1, -0.05) is 6.92 Å². The molecule has 4 rings (SSSR count). The zero-order valence-electron chi connectivity index (χ0n) is 23.9. The number of aromatic nitrogens is 4. The highest BCUT2D eigenvalue weighted by Crippen LogP contribution is 2.27. The Morgan fingerprint density at radius 2 is 1.64 bits per heavy atom. The van der Waals surface area contributed by atoms with E-state index in [0.717, 1.165) is 81.4 Å². The summed E-state index contributed by atoms with van der Waals surface area (Å²) in [4.78, 5) is 64.2. The number of anilines is 1. The van der Waals surface area contributed by atoms with Crippen LogP contribution in [0.3, 0.4) is 0 Å². The van der Waals surface area contributed by atoms with E-state index in [1.54, 1.807) is 6.07 Å². The molecular formula is C28H40N6O8. The second-order valence-electron chi connectivity index (χ2n) is 10.9. The highest BCUT2D eigenvalue weighted by atomic mass is 16.4. The molecule has 0 amide bonds. The zero-order valence-corrected chi connectivity index (χ0v) is 23.9. The minimum absolute atomic E-state index is 0.0346. The van der Waals surface area contributed by atoms with Crippen molar-refractivity contribution in [2.45, 2.75) is 82.8 Å². The fourth-order valence-corrected chi connectivity index (χ4v) is 5.16. The maximum absolute atomic E-state index is 12.3. The fourth-order valence-electron chi connectivity index (χ4n) is 5.16. The summed E-state index contributed by atoms with van der Waals surface area (Å²) in [6.45, 7) is 6.95. The SMILES string of the molecule is CCCc1ncc(CN2CCCC(c3cc(=O)[nH]c(N4CCCCC4)n3)C2)cn1.O=C(O)CC(O)(CC(=O)O)C(=O)O. The molecule has 0 bridgehead atoms. The molecule has 230 valence electrons. The number of nitrogens with zero attached hydrogens (tertiary/aromatic N) is 5. The summed E-state index contributed by atoms with van der Waals surface area (Å²) in [5, 5.41) is 33.8. The lowest BCUT2D eigenvalue weighted by atomic mass is 9.94. The van der Waals surface area contributed by atoms with Crippen molar-refractivity contribution in [1.29, 1.82) is 0 Å². The Labute approximate surface area is 243 Å². The van der Waals surface area contributed by atoms with Crippen LogP contribution in [0.2, 0.25) is 0 Å². The minimum atomic E-state index is -2.74. The molecule has 0 saturated carbocycles. The lowest BCUT2D eigenvalue weighted by Gasteiger charge is -2.33. The lowest BCUT2D eigenvalue weighted by Crippen LogP contribution is -2.42. The number of carboxylic acid groups (broad SMARTS) is 3. The van der Waals surface area contributed by atoms with Crippen LogP contribution in [0.15, 0.2) is 23.3 Å². The van der Waals surface area contributed by atoms with Crippen molar-refractivity contribution in [3.8, 4) is 0 Å². The number of hydrogen-bond acceptors (Lipinski definition) is 10. The molecule has 1 unspecified atom stereocenters. The first-order chi connectivity index (χ1) is 20.0. The molecule has 4 heterocycles. The Hall–Kier alpha value is -3.91. The number of piperidine rings is 2. The lowest BCUT2D eigenvalue weighted by molar-refractivity contribution is -0.170. The maximum Gasteiger partial charge on any atom is 0.336 e. The third kappa shape index (κ3) is 9.87. The molecule has 2 aliphatic heterocycles. The van der Waals surface area contributed by atoms with E-state index in [9.17, 15) is 19.2 Å². The molecule has 5 N–H and O–H groups in total. The number of rotatable bonds is 11. The largest absolute Gasteiger partial charge is 0.481 e. The number of H-pyrrole nitrogens is 1. The van der Waals surface area contributed by atoms with Crippen LogP contribution >= 0.6 is 0 Å². The van der Waals surface area contributed by atoms with Gasteiger partial charge in [0.15, 0.2) is 5.60 Å². The number of aliphatic hydroxyl groups is 1. The maximum atomic E-state index is 12.3. The Kier molecular flexibility index (Phi) is 11.9. The van der Waals surface area contributed by atoms with Crippen molar-refractivity contribution in [3.63, 3.8) is 0 Å². The van der Waals surface area contributed by atoms with E-state index in [0.29, 0.717) is 5.92 Å². The Morgan fingerprint density at radius 1 is 1.00 bits per heavy atom. The average molecular weight is 589 g/mol. The van der Waals surface area contributed by atoms with Gasteiger partial charge in [0, 0.05) is 62.5 Å². The predicted molar refractivity (Wildman–Crippen MR) is 151 cm³/mol. The van der Waals surface area contributed by atoms with Gasteiger partial charge in [0.2, 0.25) is 5.95 Å². The molecule has 42 heavy (non-hydrogen) atoms. The van der Waals surface area contributed by atoms with Gasteiger partial charge in [-0.3, -0.25) is 24.3 Å². The van der Waals surface area contributed by atoms with Crippen LogP contribution in [0, 0.1) is 0 Å². The summed E-state index contributed by atoms with van der Waals surface area (Å²) in [6.07, 6.45) is 9.43. The van der Waals surface area contributed by atoms with Crippen LogP contribution in [-0.2, 0) is 27.3 Å². The minimum Gasteiger partial charge on any atom is -0.481 e. The molecule has 2 aliphatic rings. The van der Waals surface area contributed by atoms with Gasteiger partial charge in [0.25, 0.3) is 5.56 Å². The highest BCUT2D eigenvalue weighted by molar-refractivity contribution is 5.88. The zero-order chi connectivity index (χ0) is 30.7. The van der Waals surface area contributed by atoms with Gasteiger partial charge >= 0.3 is 17.9 Å². The van der Waals surface area contributed by atoms with Gasteiger partial charge in [-0.25, -0.2) is 19.7 Å². The Bertz CT molecular complexity index is 1250. The van der Waals surface area contributed by atoms with Crippen molar-refractivity contribution in [1.82, 2.24) is 24.8 Å². The molecule has 0 spiro atoms. The van der Waals surface area contributed by atoms with Gasteiger partial charge in [-0.2, -0.15) is 0 Å². The fraction of sp³-hybridized carbons (Fsp3) is 0.607. The van der Waals surface area contributed by atoms with E-state index in [2.05, 4.69) is 31.7 Å². The number of aliphatic carboxylic acids is 3. The molecule has 2 saturated heterocycles. The average Bonchev–Trinajstić information content (AvgIpc) is 2.94. The molecule has 14 nitrogen and oxygen atoms in total. The number of carbonyl (C=O) groups is 3. The van der Waals surface area contributed by atoms with E-state index in [4.69, 9.17) is 25.4 Å². The summed E-state index contributed by atoms with van der Waals surface area (Å²) in [6, 6.07) is 1.70. The summed E-state index contributed by atoms with van der Waals surface area (Å²) >= 11 is 0. The van der Waals surface area contributed by atoms with Crippen LogP contribution in [0.1, 0.15) is 81.3 Å². The van der Waals surface area contributed by atoms with E-state index in [1.165, 1.54) is 19.3 Å². The van der Waals surface area contributed by atoms with E-state index < -0.39 is 36.4 Å². The first kappa shape index (κ1) is 32.6. The number of nitrogens with one attached hydrogen (secondary N) is 1. The molecule has 2 aromatic rings. The number of aryl methyl sites for hydroxylation is 1. The smallest absolute Gasteiger partial charge is 0.336 e. The number of likely N-dealkylation sites (tertiary alicyclic amines) is 1. The van der Waals surface area contributed by atoms with Crippen molar-refractivity contribution in [2.75, 3.05) is 31.1 Å². The summed E-state index contributed by atoms with van der Waals surface area (Å²) in [5.74, 6) is -3.04. The topological polar surface area (TPSA) is 210 Å². The van der Waals surface area contributed by atoms with Crippen molar-refractivity contribution in [2.24, 2.45) is 0 Å². The van der Waals surface area contributed by atoms with Gasteiger partial charge in [0.1, 0.15) is 5.82 Å². The molecule has 2 aromatic heterocycles. The summed E-state index contributed by atoms with van der Waals surface area (Å²) in [5.41, 5.74) is -0.683. The van der Waals surface area contributed by atoms with E-state index >= 15 is 0 Å². The van der Waals surface area contributed by atoms with Crippen molar-refractivity contribution >= 4 is 23.9 Å². The quantitative estimate of drug-likeness (QED) is 0.253. The molecule has 1 atom stereocenters. The number of carboxylic acids is 3. The van der Waals surface area contributed by atoms with Crippen LogP contribution in [0.25, 0.3) is 0 Å². The molecule has 0 aromatic carbocycles. The molecule has 0 radical (unpaired) electrons. The highest BCUT2D eigenvalue weighted by Gasteiger charge is 2.40. The molecule has 0 aliphatic carbocycles. The molecule has 14 heteroatoms. The first-order valence-electron chi connectivity index (χ1n) is 14.3. The monoisotopic (exact) mass is 588 g/mol. The summed E-state index contributed by atoms with van der Waals surface area (Å²) < 4.78 is 0. The second-order valence-corrected chi connectivity index (χ2v) is 10.9. The molecule has 2 fully saturated rings. The Morgan fingerprint density at radius 3 is 2.21 bits per heavy atom.